The highest BCUT2D eigenvalue weighted by Gasteiger charge is 2.15. The minimum absolute atomic E-state index is 0.293. The topological polar surface area (TPSA) is 74.3 Å². The predicted molar refractivity (Wildman–Crippen MR) is 91.2 cm³/mol. The maximum atomic E-state index is 5.60. The van der Waals surface area contributed by atoms with Crippen molar-refractivity contribution in [2.45, 2.75) is 25.5 Å². The van der Waals surface area contributed by atoms with Crippen LogP contribution in [0.2, 0.25) is 0 Å². The van der Waals surface area contributed by atoms with Crippen molar-refractivity contribution in [2.24, 2.45) is 4.99 Å². The lowest BCUT2D eigenvalue weighted by Crippen LogP contribution is -2.40. The molecule has 1 fully saturated rings. The van der Waals surface area contributed by atoms with E-state index in [0.717, 1.165) is 49.0 Å². The molecule has 0 aliphatic carbocycles. The quantitative estimate of drug-likeness (QED) is 0.582. The van der Waals surface area contributed by atoms with Gasteiger partial charge in [0.15, 0.2) is 5.96 Å². The Morgan fingerprint density at radius 2 is 2.22 bits per heavy atom. The second kappa shape index (κ2) is 7.78. The van der Waals surface area contributed by atoms with Crippen molar-refractivity contribution in [1.29, 1.82) is 0 Å². The third-order valence-electron chi connectivity index (χ3n) is 3.88. The second-order valence-corrected chi connectivity index (χ2v) is 5.55. The SMILES string of the molecule is CN=C(NCc1ncc(-c2ccccc2)[nH]1)NCC1CCCO1. The van der Waals surface area contributed by atoms with E-state index in [-0.39, 0.29) is 0 Å². The Balaban J connectivity index is 1.50. The molecule has 1 unspecified atom stereocenters. The minimum Gasteiger partial charge on any atom is -0.376 e. The van der Waals surface area contributed by atoms with Crippen molar-refractivity contribution in [2.75, 3.05) is 20.2 Å². The monoisotopic (exact) mass is 313 g/mol. The summed E-state index contributed by atoms with van der Waals surface area (Å²) >= 11 is 0. The maximum Gasteiger partial charge on any atom is 0.191 e. The Morgan fingerprint density at radius 3 is 2.96 bits per heavy atom. The summed E-state index contributed by atoms with van der Waals surface area (Å²) in [4.78, 5) is 12.0. The van der Waals surface area contributed by atoms with E-state index in [2.05, 4.69) is 37.7 Å². The lowest BCUT2D eigenvalue weighted by atomic mass is 10.2. The molecule has 3 N–H and O–H groups in total. The van der Waals surface area contributed by atoms with E-state index in [9.17, 15) is 0 Å². The van der Waals surface area contributed by atoms with E-state index in [1.54, 1.807) is 7.05 Å². The zero-order chi connectivity index (χ0) is 15.9. The van der Waals surface area contributed by atoms with Gasteiger partial charge in [-0.1, -0.05) is 30.3 Å². The van der Waals surface area contributed by atoms with Crippen molar-refractivity contribution in [3.8, 4) is 11.3 Å². The van der Waals surface area contributed by atoms with Gasteiger partial charge in [0.1, 0.15) is 5.82 Å². The van der Waals surface area contributed by atoms with Crippen LogP contribution in [0, 0.1) is 0 Å². The van der Waals surface area contributed by atoms with Crippen molar-refractivity contribution in [3.05, 3.63) is 42.4 Å². The Morgan fingerprint density at radius 1 is 1.35 bits per heavy atom. The molecule has 3 rings (SSSR count). The predicted octanol–water partition coefficient (Wildman–Crippen LogP) is 1.92. The molecule has 0 amide bonds. The van der Waals surface area contributed by atoms with Gasteiger partial charge in [-0.05, 0) is 18.4 Å². The van der Waals surface area contributed by atoms with Crippen molar-refractivity contribution < 1.29 is 4.74 Å². The molecule has 1 aliphatic heterocycles. The van der Waals surface area contributed by atoms with E-state index >= 15 is 0 Å². The average molecular weight is 313 g/mol. The van der Waals surface area contributed by atoms with Gasteiger partial charge in [0.05, 0.1) is 24.5 Å². The van der Waals surface area contributed by atoms with Gasteiger partial charge in [0, 0.05) is 20.2 Å². The summed E-state index contributed by atoms with van der Waals surface area (Å²) < 4.78 is 5.60. The van der Waals surface area contributed by atoms with Crippen LogP contribution in [-0.2, 0) is 11.3 Å². The molecule has 1 aliphatic rings. The van der Waals surface area contributed by atoms with Crippen LogP contribution < -0.4 is 10.6 Å². The van der Waals surface area contributed by atoms with Crippen LogP contribution in [0.3, 0.4) is 0 Å². The highest BCUT2D eigenvalue weighted by atomic mass is 16.5. The van der Waals surface area contributed by atoms with Gasteiger partial charge in [-0.15, -0.1) is 0 Å². The van der Waals surface area contributed by atoms with E-state index in [1.807, 2.05) is 24.4 Å². The second-order valence-electron chi connectivity index (χ2n) is 5.55. The number of aromatic nitrogens is 2. The molecule has 23 heavy (non-hydrogen) atoms. The fraction of sp³-hybridized carbons (Fsp3) is 0.412. The van der Waals surface area contributed by atoms with E-state index in [4.69, 9.17) is 4.74 Å². The molecule has 1 aromatic heterocycles. The first-order valence-corrected chi connectivity index (χ1v) is 8.00. The first kappa shape index (κ1) is 15.6. The summed E-state index contributed by atoms with van der Waals surface area (Å²) in [6.07, 6.45) is 4.41. The molecule has 6 heteroatoms. The minimum atomic E-state index is 0.293. The fourth-order valence-electron chi connectivity index (χ4n) is 2.62. The molecular weight excluding hydrogens is 290 g/mol. The average Bonchev–Trinajstić information content (AvgIpc) is 3.27. The Labute approximate surface area is 136 Å². The number of hydrogen-bond donors (Lipinski definition) is 3. The molecular formula is C17H23N5O. The summed E-state index contributed by atoms with van der Waals surface area (Å²) in [5.74, 6) is 1.64. The summed E-state index contributed by atoms with van der Waals surface area (Å²) in [6, 6.07) is 10.2. The smallest absolute Gasteiger partial charge is 0.191 e. The Bertz CT molecular complexity index is 631. The summed E-state index contributed by atoms with van der Waals surface area (Å²) in [7, 11) is 1.77. The highest BCUT2D eigenvalue weighted by Crippen LogP contribution is 2.15. The summed E-state index contributed by atoms with van der Waals surface area (Å²) in [6.45, 7) is 2.25. The normalized spacial score (nSPS) is 18.1. The van der Waals surface area contributed by atoms with E-state index in [0.29, 0.717) is 12.6 Å². The molecule has 6 nitrogen and oxygen atoms in total. The summed E-state index contributed by atoms with van der Waals surface area (Å²) in [5, 5.41) is 6.56. The molecule has 2 aromatic rings. The number of imidazole rings is 1. The molecule has 0 spiro atoms. The van der Waals surface area contributed by atoms with E-state index in [1.165, 1.54) is 0 Å². The molecule has 122 valence electrons. The van der Waals surface area contributed by atoms with Gasteiger partial charge in [-0.25, -0.2) is 4.98 Å². The Hall–Kier alpha value is -2.34. The van der Waals surface area contributed by atoms with Crippen LogP contribution in [0.15, 0.2) is 41.5 Å². The van der Waals surface area contributed by atoms with Gasteiger partial charge in [0.25, 0.3) is 0 Å². The number of hydrogen-bond acceptors (Lipinski definition) is 3. The molecule has 1 atom stereocenters. The number of aromatic amines is 1. The molecule has 0 radical (unpaired) electrons. The summed E-state index contributed by atoms with van der Waals surface area (Å²) in [5.41, 5.74) is 2.15. The van der Waals surface area contributed by atoms with Gasteiger partial charge in [0.2, 0.25) is 0 Å². The van der Waals surface area contributed by atoms with Crippen LogP contribution in [0.5, 0.6) is 0 Å². The maximum absolute atomic E-state index is 5.60. The molecule has 0 saturated carbocycles. The van der Waals surface area contributed by atoms with Crippen LogP contribution in [0.25, 0.3) is 11.3 Å². The first-order chi connectivity index (χ1) is 11.3. The zero-order valence-electron chi connectivity index (χ0n) is 13.4. The molecule has 2 heterocycles. The number of ether oxygens (including phenoxy) is 1. The number of nitrogens with zero attached hydrogens (tertiary/aromatic N) is 2. The van der Waals surface area contributed by atoms with Crippen LogP contribution >= 0.6 is 0 Å². The molecule has 1 saturated heterocycles. The van der Waals surface area contributed by atoms with Crippen LogP contribution in [-0.4, -0.2) is 42.2 Å². The number of guanidine groups is 1. The van der Waals surface area contributed by atoms with Gasteiger partial charge in [-0.2, -0.15) is 0 Å². The fourth-order valence-corrected chi connectivity index (χ4v) is 2.62. The lowest BCUT2D eigenvalue weighted by molar-refractivity contribution is 0.114. The van der Waals surface area contributed by atoms with E-state index < -0.39 is 0 Å². The third-order valence-corrected chi connectivity index (χ3v) is 3.88. The Kier molecular flexibility index (Phi) is 5.26. The van der Waals surface area contributed by atoms with Crippen molar-refractivity contribution in [3.63, 3.8) is 0 Å². The molecule has 1 aromatic carbocycles. The first-order valence-electron chi connectivity index (χ1n) is 8.00. The van der Waals surface area contributed by atoms with Gasteiger partial charge in [-0.3, -0.25) is 4.99 Å². The number of benzene rings is 1. The largest absolute Gasteiger partial charge is 0.376 e. The third kappa shape index (κ3) is 4.32. The zero-order valence-corrected chi connectivity index (χ0v) is 13.4. The van der Waals surface area contributed by atoms with Crippen molar-refractivity contribution >= 4 is 5.96 Å². The van der Waals surface area contributed by atoms with Gasteiger partial charge < -0.3 is 20.4 Å². The molecule has 0 bridgehead atoms. The van der Waals surface area contributed by atoms with Crippen LogP contribution in [0.1, 0.15) is 18.7 Å². The van der Waals surface area contributed by atoms with Crippen molar-refractivity contribution in [1.82, 2.24) is 20.6 Å². The number of H-pyrrole nitrogens is 1. The number of nitrogens with one attached hydrogen (secondary N) is 3. The van der Waals surface area contributed by atoms with Gasteiger partial charge >= 0.3 is 0 Å². The highest BCUT2D eigenvalue weighted by molar-refractivity contribution is 5.79. The lowest BCUT2D eigenvalue weighted by Gasteiger charge is -2.14. The standard InChI is InChI=1S/C17H23N5O/c1-18-17(20-10-14-8-5-9-23-14)21-12-16-19-11-15(22-16)13-6-3-2-4-7-13/h2-4,6-7,11,14H,5,8-10,12H2,1H3,(H,19,22)(H2,18,20,21). The van der Waals surface area contributed by atoms with Crippen LogP contribution in [0.4, 0.5) is 0 Å². The number of aliphatic imine (C=N–C) groups is 1. The number of rotatable bonds is 5.